The highest BCUT2D eigenvalue weighted by molar-refractivity contribution is 7.99. The van der Waals surface area contributed by atoms with Crippen LogP contribution in [-0.2, 0) is 4.79 Å². The van der Waals surface area contributed by atoms with Crippen molar-refractivity contribution in [1.29, 1.82) is 0 Å². The van der Waals surface area contributed by atoms with Gasteiger partial charge in [-0.3, -0.25) is 9.69 Å². The molecule has 2 amide bonds. The molecule has 0 fully saturated rings. The molecule has 6 nitrogen and oxygen atoms in total. The first-order valence-corrected chi connectivity index (χ1v) is 13.2. The molecule has 0 unspecified atom stereocenters. The Kier molecular flexibility index (Phi) is 10.7. The number of nitrogens with one attached hydrogen (secondary N) is 1. The van der Waals surface area contributed by atoms with E-state index in [2.05, 4.69) is 19.2 Å². The van der Waals surface area contributed by atoms with E-state index in [4.69, 9.17) is 9.47 Å². The van der Waals surface area contributed by atoms with Crippen molar-refractivity contribution >= 4 is 35.1 Å². The summed E-state index contributed by atoms with van der Waals surface area (Å²) in [6, 6.07) is 22.6. The van der Waals surface area contributed by atoms with Crippen LogP contribution in [0.25, 0.3) is 0 Å². The van der Waals surface area contributed by atoms with E-state index in [1.807, 2.05) is 60.7 Å². The maximum atomic E-state index is 13.2. The topological polar surface area (TPSA) is 67.9 Å². The van der Waals surface area contributed by atoms with Gasteiger partial charge in [0.15, 0.2) is 0 Å². The Morgan fingerprint density at radius 2 is 1.56 bits per heavy atom. The number of benzene rings is 3. The minimum atomic E-state index is -0.343. The standard InChI is InChI=1S/C29H34N2O4S/c1-4-6-19-31(29(33)30-23-11-13-25(14-12-23)34-20-7-5-2)24-9-8-10-28(21-24)36-27-17-15-26(16-18-27)35-22(3)32/h8-18,21H,4-7,19-20H2,1-3H3,(H,30,33). The Labute approximate surface area is 218 Å². The largest absolute Gasteiger partial charge is 0.494 e. The van der Waals surface area contributed by atoms with Crippen LogP contribution in [0.1, 0.15) is 46.5 Å². The van der Waals surface area contributed by atoms with Crippen LogP contribution in [0.4, 0.5) is 16.2 Å². The van der Waals surface area contributed by atoms with Crippen LogP contribution >= 0.6 is 11.8 Å². The lowest BCUT2D eigenvalue weighted by Gasteiger charge is -2.24. The number of nitrogens with zero attached hydrogens (tertiary/aromatic N) is 1. The van der Waals surface area contributed by atoms with Crippen molar-refractivity contribution in [3.63, 3.8) is 0 Å². The number of ether oxygens (including phenoxy) is 2. The summed E-state index contributed by atoms with van der Waals surface area (Å²) in [6.07, 6.45) is 3.98. The summed E-state index contributed by atoms with van der Waals surface area (Å²) in [5.74, 6) is 0.975. The molecular weight excluding hydrogens is 472 g/mol. The number of carbonyl (C=O) groups is 2. The van der Waals surface area contributed by atoms with Crippen molar-refractivity contribution in [3.05, 3.63) is 72.8 Å². The minimum Gasteiger partial charge on any atom is -0.494 e. The highest BCUT2D eigenvalue weighted by Gasteiger charge is 2.16. The molecular formula is C29H34N2O4S. The van der Waals surface area contributed by atoms with Gasteiger partial charge in [-0.15, -0.1) is 0 Å². The van der Waals surface area contributed by atoms with E-state index >= 15 is 0 Å². The molecule has 0 radical (unpaired) electrons. The van der Waals surface area contributed by atoms with Gasteiger partial charge in [0.2, 0.25) is 0 Å². The van der Waals surface area contributed by atoms with Gasteiger partial charge in [0.05, 0.1) is 6.61 Å². The van der Waals surface area contributed by atoms with Gasteiger partial charge >= 0.3 is 12.0 Å². The molecule has 3 aromatic carbocycles. The summed E-state index contributed by atoms with van der Waals surface area (Å²) in [5.41, 5.74) is 1.56. The summed E-state index contributed by atoms with van der Waals surface area (Å²) in [5, 5.41) is 3.02. The zero-order chi connectivity index (χ0) is 25.8. The Balaban J connectivity index is 1.69. The molecule has 0 saturated heterocycles. The lowest BCUT2D eigenvalue weighted by Crippen LogP contribution is -2.35. The van der Waals surface area contributed by atoms with Gasteiger partial charge in [-0.05, 0) is 79.6 Å². The second-order valence-corrected chi connectivity index (χ2v) is 9.47. The predicted octanol–water partition coefficient (Wildman–Crippen LogP) is 7.78. The number of carbonyl (C=O) groups excluding carboxylic acids is 2. The third-order valence-corrected chi connectivity index (χ3v) is 6.30. The van der Waals surface area contributed by atoms with Gasteiger partial charge < -0.3 is 14.8 Å². The predicted molar refractivity (Wildman–Crippen MR) is 146 cm³/mol. The Hall–Kier alpha value is -3.45. The second-order valence-electron chi connectivity index (χ2n) is 8.33. The number of hydrogen-bond acceptors (Lipinski definition) is 5. The molecule has 0 heterocycles. The first-order valence-electron chi connectivity index (χ1n) is 12.4. The molecule has 0 atom stereocenters. The van der Waals surface area contributed by atoms with Gasteiger partial charge in [0, 0.05) is 34.6 Å². The second kappa shape index (κ2) is 14.2. The van der Waals surface area contributed by atoms with E-state index in [0.717, 1.165) is 52.6 Å². The zero-order valence-electron chi connectivity index (χ0n) is 21.2. The number of hydrogen-bond donors (Lipinski definition) is 1. The van der Waals surface area contributed by atoms with Gasteiger partial charge in [-0.2, -0.15) is 0 Å². The molecule has 0 saturated carbocycles. The fraction of sp³-hybridized carbons (Fsp3) is 0.310. The zero-order valence-corrected chi connectivity index (χ0v) is 22.0. The molecule has 0 spiro atoms. The number of unbranched alkanes of at least 4 members (excludes halogenated alkanes) is 2. The highest BCUT2D eigenvalue weighted by atomic mass is 32.2. The van der Waals surface area contributed by atoms with Crippen LogP contribution in [-0.4, -0.2) is 25.2 Å². The summed E-state index contributed by atoms with van der Waals surface area (Å²) >= 11 is 1.58. The molecule has 0 aromatic heterocycles. The molecule has 0 aliphatic rings. The summed E-state index contributed by atoms with van der Waals surface area (Å²) in [6.45, 7) is 6.93. The lowest BCUT2D eigenvalue weighted by molar-refractivity contribution is -0.131. The van der Waals surface area contributed by atoms with Gasteiger partial charge in [0.1, 0.15) is 11.5 Å². The van der Waals surface area contributed by atoms with Crippen molar-refractivity contribution in [2.75, 3.05) is 23.4 Å². The van der Waals surface area contributed by atoms with Gasteiger partial charge in [-0.1, -0.05) is 44.5 Å². The van der Waals surface area contributed by atoms with E-state index in [-0.39, 0.29) is 12.0 Å². The number of urea groups is 1. The van der Waals surface area contributed by atoms with E-state index in [1.54, 1.807) is 28.8 Å². The van der Waals surface area contributed by atoms with Crippen molar-refractivity contribution in [2.24, 2.45) is 0 Å². The summed E-state index contributed by atoms with van der Waals surface area (Å²) < 4.78 is 10.8. The highest BCUT2D eigenvalue weighted by Crippen LogP contribution is 2.32. The number of esters is 1. The van der Waals surface area contributed by atoms with E-state index in [9.17, 15) is 9.59 Å². The average Bonchev–Trinajstić information content (AvgIpc) is 2.87. The SMILES string of the molecule is CCCCOc1ccc(NC(=O)N(CCCC)c2cccc(Sc3ccc(OC(C)=O)cc3)c2)cc1. The van der Waals surface area contributed by atoms with Crippen molar-refractivity contribution in [1.82, 2.24) is 0 Å². The fourth-order valence-corrected chi connectivity index (χ4v) is 4.29. The molecule has 36 heavy (non-hydrogen) atoms. The van der Waals surface area contributed by atoms with Gasteiger partial charge in [0.25, 0.3) is 0 Å². The van der Waals surface area contributed by atoms with Gasteiger partial charge in [-0.25, -0.2) is 4.79 Å². The molecule has 0 bridgehead atoms. The first kappa shape index (κ1) is 27.1. The average molecular weight is 507 g/mol. The Bertz CT molecular complexity index is 1120. The summed E-state index contributed by atoms with van der Waals surface area (Å²) in [7, 11) is 0. The van der Waals surface area contributed by atoms with Crippen molar-refractivity contribution < 1.29 is 19.1 Å². The van der Waals surface area contributed by atoms with E-state index < -0.39 is 0 Å². The monoisotopic (exact) mass is 506 g/mol. The molecule has 0 aliphatic heterocycles. The molecule has 7 heteroatoms. The van der Waals surface area contributed by atoms with Crippen LogP contribution in [0.2, 0.25) is 0 Å². The quantitative estimate of drug-likeness (QED) is 0.154. The third kappa shape index (κ3) is 8.64. The van der Waals surface area contributed by atoms with Crippen LogP contribution in [0.15, 0.2) is 82.6 Å². The van der Waals surface area contributed by atoms with Crippen LogP contribution in [0.3, 0.4) is 0 Å². The number of rotatable bonds is 12. The Morgan fingerprint density at radius 3 is 2.22 bits per heavy atom. The first-order chi connectivity index (χ1) is 17.5. The fourth-order valence-electron chi connectivity index (χ4n) is 3.42. The molecule has 3 rings (SSSR count). The van der Waals surface area contributed by atoms with Crippen LogP contribution in [0.5, 0.6) is 11.5 Å². The minimum absolute atomic E-state index is 0.170. The Morgan fingerprint density at radius 1 is 0.861 bits per heavy atom. The van der Waals surface area contributed by atoms with Crippen LogP contribution < -0.4 is 19.7 Å². The maximum Gasteiger partial charge on any atom is 0.326 e. The smallest absolute Gasteiger partial charge is 0.326 e. The van der Waals surface area contributed by atoms with Crippen molar-refractivity contribution in [2.45, 2.75) is 56.2 Å². The normalized spacial score (nSPS) is 10.5. The molecule has 1 N–H and O–H groups in total. The maximum absolute atomic E-state index is 13.2. The van der Waals surface area contributed by atoms with E-state index in [0.29, 0.717) is 18.9 Å². The molecule has 3 aromatic rings. The number of anilines is 2. The summed E-state index contributed by atoms with van der Waals surface area (Å²) in [4.78, 5) is 28.2. The third-order valence-electron chi connectivity index (χ3n) is 5.30. The number of amides is 2. The van der Waals surface area contributed by atoms with Crippen molar-refractivity contribution in [3.8, 4) is 11.5 Å². The lowest BCUT2D eigenvalue weighted by atomic mass is 10.2. The molecule has 190 valence electrons. The van der Waals surface area contributed by atoms with Crippen LogP contribution in [0, 0.1) is 0 Å². The molecule has 0 aliphatic carbocycles. The van der Waals surface area contributed by atoms with E-state index in [1.165, 1.54) is 6.92 Å².